The van der Waals surface area contributed by atoms with Crippen LogP contribution in [0.25, 0.3) is 0 Å². The van der Waals surface area contributed by atoms with Crippen molar-refractivity contribution in [2.75, 3.05) is 11.9 Å². The van der Waals surface area contributed by atoms with Crippen LogP contribution in [0.4, 0.5) is 5.82 Å². The van der Waals surface area contributed by atoms with Gasteiger partial charge in [-0.25, -0.2) is 9.97 Å². The molecule has 1 saturated carbocycles. The van der Waals surface area contributed by atoms with E-state index in [0.717, 1.165) is 49.0 Å². The van der Waals surface area contributed by atoms with Crippen LogP contribution in [0.3, 0.4) is 0 Å². The predicted molar refractivity (Wildman–Crippen MR) is 80.3 cm³/mol. The number of anilines is 1. The Labute approximate surface area is 125 Å². The van der Waals surface area contributed by atoms with E-state index in [1.807, 2.05) is 6.92 Å². The molecule has 0 aromatic carbocycles. The number of halogens is 1. The highest BCUT2D eigenvalue weighted by molar-refractivity contribution is 6.30. The third-order valence-electron chi connectivity index (χ3n) is 4.23. The van der Waals surface area contributed by atoms with Crippen molar-refractivity contribution in [1.82, 2.24) is 9.97 Å². The molecule has 3 rings (SSSR count). The monoisotopic (exact) mass is 295 g/mol. The molecule has 0 amide bonds. The van der Waals surface area contributed by atoms with Gasteiger partial charge in [-0.15, -0.1) is 0 Å². The fraction of sp³-hybridized carbons (Fsp3) is 0.733. The molecule has 2 fully saturated rings. The van der Waals surface area contributed by atoms with Crippen LogP contribution in [0.5, 0.6) is 0 Å². The van der Waals surface area contributed by atoms with E-state index in [1.54, 1.807) is 0 Å². The Kier molecular flexibility index (Phi) is 4.13. The van der Waals surface area contributed by atoms with Gasteiger partial charge in [-0.3, -0.25) is 0 Å². The molecule has 0 spiro atoms. The summed E-state index contributed by atoms with van der Waals surface area (Å²) in [5, 5.41) is 4.16. The van der Waals surface area contributed by atoms with E-state index in [2.05, 4.69) is 22.2 Å². The maximum absolute atomic E-state index is 6.23. The van der Waals surface area contributed by atoms with Crippen LogP contribution in [0.15, 0.2) is 0 Å². The van der Waals surface area contributed by atoms with Crippen molar-refractivity contribution in [3.05, 3.63) is 16.5 Å². The zero-order valence-electron chi connectivity index (χ0n) is 12.2. The quantitative estimate of drug-likeness (QED) is 0.865. The van der Waals surface area contributed by atoms with E-state index >= 15 is 0 Å². The molecule has 4 nitrogen and oxygen atoms in total. The molecule has 1 aliphatic heterocycles. The van der Waals surface area contributed by atoms with Gasteiger partial charge in [0.1, 0.15) is 16.8 Å². The van der Waals surface area contributed by atoms with Gasteiger partial charge >= 0.3 is 0 Å². The Morgan fingerprint density at radius 1 is 1.30 bits per heavy atom. The van der Waals surface area contributed by atoms with Crippen LogP contribution in [0.2, 0.25) is 5.15 Å². The van der Waals surface area contributed by atoms with Crippen LogP contribution < -0.4 is 5.32 Å². The minimum Gasteiger partial charge on any atom is -0.378 e. The molecule has 0 radical (unpaired) electrons. The molecule has 2 heterocycles. The summed E-state index contributed by atoms with van der Waals surface area (Å²) < 4.78 is 5.88. The lowest BCUT2D eigenvalue weighted by molar-refractivity contribution is -0.00224. The molecule has 2 aliphatic rings. The summed E-state index contributed by atoms with van der Waals surface area (Å²) in [5.41, 5.74) is 1.02. The molecule has 1 aromatic rings. The second-order valence-electron chi connectivity index (χ2n) is 5.85. The van der Waals surface area contributed by atoms with Crippen molar-refractivity contribution in [2.45, 2.75) is 58.1 Å². The molecule has 1 aliphatic carbocycles. The van der Waals surface area contributed by atoms with E-state index in [1.165, 1.54) is 12.8 Å². The summed E-state index contributed by atoms with van der Waals surface area (Å²) in [7, 11) is 0. The Morgan fingerprint density at radius 3 is 2.80 bits per heavy atom. The van der Waals surface area contributed by atoms with Gasteiger partial charge in [0.15, 0.2) is 0 Å². The molecule has 5 heteroatoms. The third kappa shape index (κ3) is 3.07. The van der Waals surface area contributed by atoms with Gasteiger partial charge in [-0.05, 0) is 44.9 Å². The van der Waals surface area contributed by atoms with Crippen molar-refractivity contribution >= 4 is 17.4 Å². The standard InChI is InChI=1S/C15H22ClN3O/c1-3-12-14(16)17-9(2)18-15(12)19-11-6-7-20-13(8-11)10-4-5-10/h10-11,13H,3-8H2,1-2H3,(H,17,18,19). The Morgan fingerprint density at radius 2 is 2.10 bits per heavy atom. The zero-order chi connectivity index (χ0) is 14.1. The topological polar surface area (TPSA) is 47.0 Å². The molecule has 20 heavy (non-hydrogen) atoms. The van der Waals surface area contributed by atoms with Crippen LogP contribution in [-0.4, -0.2) is 28.7 Å². The van der Waals surface area contributed by atoms with E-state index < -0.39 is 0 Å². The zero-order valence-corrected chi connectivity index (χ0v) is 12.9. The predicted octanol–water partition coefficient (Wildman–Crippen LogP) is 3.37. The summed E-state index contributed by atoms with van der Waals surface area (Å²) >= 11 is 6.23. The highest BCUT2D eigenvalue weighted by Crippen LogP contribution is 2.38. The maximum Gasteiger partial charge on any atom is 0.138 e. The number of aromatic nitrogens is 2. The largest absolute Gasteiger partial charge is 0.378 e. The number of hydrogen-bond acceptors (Lipinski definition) is 4. The van der Waals surface area contributed by atoms with Gasteiger partial charge in [0, 0.05) is 18.2 Å². The summed E-state index contributed by atoms with van der Waals surface area (Å²) in [6.45, 7) is 4.81. The number of ether oxygens (including phenoxy) is 1. The first kappa shape index (κ1) is 14.1. The molecular weight excluding hydrogens is 274 g/mol. The highest BCUT2D eigenvalue weighted by atomic mass is 35.5. The Balaban J connectivity index is 1.73. The summed E-state index contributed by atoms with van der Waals surface area (Å²) in [4.78, 5) is 8.78. The van der Waals surface area contributed by atoms with Crippen LogP contribution >= 0.6 is 11.6 Å². The molecule has 1 aromatic heterocycles. The average Bonchev–Trinajstić information content (AvgIpc) is 3.23. The number of nitrogens with one attached hydrogen (secondary N) is 1. The molecular formula is C15H22ClN3O. The van der Waals surface area contributed by atoms with Crippen LogP contribution in [-0.2, 0) is 11.2 Å². The minimum absolute atomic E-state index is 0.435. The molecule has 1 saturated heterocycles. The lowest BCUT2D eigenvalue weighted by Crippen LogP contribution is -2.35. The van der Waals surface area contributed by atoms with Crippen LogP contribution in [0, 0.1) is 12.8 Å². The van der Waals surface area contributed by atoms with Crippen molar-refractivity contribution in [3.8, 4) is 0 Å². The second kappa shape index (κ2) is 5.86. The van der Waals surface area contributed by atoms with Crippen molar-refractivity contribution in [1.29, 1.82) is 0 Å². The van der Waals surface area contributed by atoms with Gasteiger partial charge in [0.05, 0.1) is 6.10 Å². The lowest BCUT2D eigenvalue weighted by Gasteiger charge is -2.31. The lowest BCUT2D eigenvalue weighted by atomic mass is 10.00. The number of rotatable bonds is 4. The number of nitrogens with zero attached hydrogens (tertiary/aromatic N) is 2. The van der Waals surface area contributed by atoms with Crippen LogP contribution in [0.1, 0.15) is 44.0 Å². The van der Waals surface area contributed by atoms with E-state index in [9.17, 15) is 0 Å². The van der Waals surface area contributed by atoms with Gasteiger partial charge < -0.3 is 10.1 Å². The van der Waals surface area contributed by atoms with Crippen molar-refractivity contribution in [2.24, 2.45) is 5.92 Å². The SMILES string of the molecule is CCc1c(Cl)nc(C)nc1NC1CCOC(C2CC2)C1. The van der Waals surface area contributed by atoms with E-state index in [4.69, 9.17) is 16.3 Å². The molecule has 0 bridgehead atoms. The summed E-state index contributed by atoms with van der Waals surface area (Å²) in [6.07, 6.45) is 6.05. The summed E-state index contributed by atoms with van der Waals surface area (Å²) in [6, 6.07) is 0.435. The first-order valence-corrected chi connectivity index (χ1v) is 7.96. The molecule has 1 N–H and O–H groups in total. The first-order valence-electron chi connectivity index (χ1n) is 7.58. The van der Waals surface area contributed by atoms with E-state index in [0.29, 0.717) is 17.3 Å². The Bertz CT molecular complexity index is 490. The highest BCUT2D eigenvalue weighted by Gasteiger charge is 2.36. The van der Waals surface area contributed by atoms with Gasteiger partial charge in [0.2, 0.25) is 0 Å². The fourth-order valence-corrected chi connectivity index (χ4v) is 3.29. The normalized spacial score (nSPS) is 26.6. The van der Waals surface area contributed by atoms with Gasteiger partial charge in [0.25, 0.3) is 0 Å². The number of hydrogen-bond donors (Lipinski definition) is 1. The third-order valence-corrected chi connectivity index (χ3v) is 4.54. The maximum atomic E-state index is 6.23. The second-order valence-corrected chi connectivity index (χ2v) is 6.21. The Hall–Kier alpha value is -0.870. The smallest absolute Gasteiger partial charge is 0.138 e. The molecule has 2 unspecified atom stereocenters. The van der Waals surface area contributed by atoms with Gasteiger partial charge in [-0.2, -0.15) is 0 Å². The average molecular weight is 296 g/mol. The number of aryl methyl sites for hydroxylation is 1. The van der Waals surface area contributed by atoms with Crippen molar-refractivity contribution < 1.29 is 4.74 Å². The summed E-state index contributed by atoms with van der Waals surface area (Å²) in [5.74, 6) is 2.42. The van der Waals surface area contributed by atoms with Gasteiger partial charge in [-0.1, -0.05) is 18.5 Å². The molecule has 110 valence electrons. The fourth-order valence-electron chi connectivity index (χ4n) is 2.94. The van der Waals surface area contributed by atoms with Crippen molar-refractivity contribution in [3.63, 3.8) is 0 Å². The van der Waals surface area contributed by atoms with E-state index in [-0.39, 0.29) is 0 Å². The minimum atomic E-state index is 0.435. The first-order chi connectivity index (χ1) is 9.67. The molecule has 2 atom stereocenters.